The van der Waals surface area contributed by atoms with E-state index in [1.165, 1.54) is 7.11 Å². The highest BCUT2D eigenvalue weighted by Gasteiger charge is 2.34. The molecule has 0 saturated heterocycles. The van der Waals surface area contributed by atoms with E-state index in [1.54, 1.807) is 18.2 Å². The van der Waals surface area contributed by atoms with Crippen LogP contribution in [0.15, 0.2) is 53.6 Å². The molecule has 7 nitrogen and oxygen atoms in total. The molecule has 0 fully saturated rings. The Hall–Kier alpha value is -3.18. The Balaban J connectivity index is 2.08. The van der Waals surface area contributed by atoms with E-state index in [1.807, 2.05) is 30.3 Å². The number of rotatable bonds is 3. The molecule has 2 aromatic carbocycles. The van der Waals surface area contributed by atoms with Gasteiger partial charge < -0.3 is 14.8 Å². The van der Waals surface area contributed by atoms with E-state index >= 15 is 0 Å². The van der Waals surface area contributed by atoms with E-state index in [-0.39, 0.29) is 0 Å². The van der Waals surface area contributed by atoms with Crippen LogP contribution >= 0.6 is 0 Å². The summed E-state index contributed by atoms with van der Waals surface area (Å²) in [6.45, 7) is 0. The Morgan fingerprint density at radius 3 is 2.74 bits per heavy atom. The van der Waals surface area contributed by atoms with Gasteiger partial charge in [-0.3, -0.25) is 4.79 Å². The number of carbonyl (C=O) groups is 1. The third-order valence-electron chi connectivity index (χ3n) is 3.56. The minimum absolute atomic E-state index is 0.427. The fraction of sp³-hybridized carbons (Fsp3) is 0.188. The second-order valence-electron chi connectivity index (χ2n) is 4.95. The molecule has 116 valence electrons. The number of hydrogen-bond donors (Lipinski definition) is 1. The number of azide groups is 1. The standard InChI is InChI=1S/C16H14N4O3/c1-22-11-7-8-13-12(9-11)18-16(21)14(19-20-17)15(23-13)10-5-3-2-4-6-10/h2-9,14-15H,1H3,(H,18,21)/t14-,15+/m0/s1. The van der Waals surface area contributed by atoms with Gasteiger partial charge in [-0.05, 0) is 23.2 Å². The second-order valence-corrected chi connectivity index (χ2v) is 4.95. The predicted octanol–water partition coefficient (Wildman–Crippen LogP) is 3.45. The van der Waals surface area contributed by atoms with Gasteiger partial charge in [0.15, 0.2) is 6.04 Å². The molecule has 0 aromatic heterocycles. The van der Waals surface area contributed by atoms with Crippen LogP contribution in [-0.2, 0) is 4.79 Å². The van der Waals surface area contributed by atoms with Crippen LogP contribution in [0.1, 0.15) is 11.7 Å². The Morgan fingerprint density at radius 1 is 1.26 bits per heavy atom. The lowest BCUT2D eigenvalue weighted by Gasteiger charge is -2.21. The van der Waals surface area contributed by atoms with Crippen LogP contribution < -0.4 is 14.8 Å². The molecule has 0 saturated carbocycles. The van der Waals surface area contributed by atoms with E-state index in [9.17, 15) is 4.79 Å². The van der Waals surface area contributed by atoms with Crippen molar-refractivity contribution in [3.05, 3.63) is 64.5 Å². The van der Waals surface area contributed by atoms with Crippen molar-refractivity contribution in [3.63, 3.8) is 0 Å². The summed E-state index contributed by atoms with van der Waals surface area (Å²) >= 11 is 0. The molecule has 7 heteroatoms. The number of methoxy groups -OCH3 is 1. The average molecular weight is 310 g/mol. The third-order valence-corrected chi connectivity index (χ3v) is 3.56. The van der Waals surface area contributed by atoms with E-state index in [4.69, 9.17) is 15.0 Å². The topological polar surface area (TPSA) is 96.3 Å². The molecule has 0 unspecified atom stereocenters. The number of nitrogens with one attached hydrogen (secondary N) is 1. The van der Waals surface area contributed by atoms with Gasteiger partial charge in [-0.25, -0.2) is 0 Å². The smallest absolute Gasteiger partial charge is 0.237 e. The fourth-order valence-electron chi connectivity index (χ4n) is 2.44. The van der Waals surface area contributed by atoms with E-state index in [0.29, 0.717) is 17.2 Å². The lowest BCUT2D eigenvalue weighted by Crippen LogP contribution is -2.31. The Kier molecular flexibility index (Phi) is 4.03. The van der Waals surface area contributed by atoms with Crippen molar-refractivity contribution in [1.29, 1.82) is 0 Å². The van der Waals surface area contributed by atoms with Crippen LogP contribution in [0.2, 0.25) is 0 Å². The highest BCUT2D eigenvalue weighted by atomic mass is 16.5. The Bertz CT molecular complexity index is 772. The highest BCUT2D eigenvalue weighted by Crippen LogP contribution is 2.37. The molecule has 0 spiro atoms. The number of nitrogens with zero attached hydrogens (tertiary/aromatic N) is 3. The minimum atomic E-state index is -1.01. The number of anilines is 1. The maximum absolute atomic E-state index is 12.5. The maximum atomic E-state index is 12.5. The largest absolute Gasteiger partial charge is 0.497 e. The number of amides is 1. The number of hydrogen-bond acceptors (Lipinski definition) is 4. The van der Waals surface area contributed by atoms with Crippen molar-refractivity contribution in [3.8, 4) is 11.5 Å². The van der Waals surface area contributed by atoms with Gasteiger partial charge in [0, 0.05) is 11.0 Å². The highest BCUT2D eigenvalue weighted by molar-refractivity contribution is 5.97. The molecule has 1 heterocycles. The van der Waals surface area contributed by atoms with E-state index in [2.05, 4.69) is 15.3 Å². The zero-order valence-electron chi connectivity index (χ0n) is 12.3. The van der Waals surface area contributed by atoms with Crippen molar-refractivity contribution >= 4 is 11.6 Å². The molecule has 0 aliphatic carbocycles. The first kappa shape index (κ1) is 14.7. The van der Waals surface area contributed by atoms with Crippen molar-refractivity contribution in [2.75, 3.05) is 12.4 Å². The van der Waals surface area contributed by atoms with Gasteiger partial charge in [0.25, 0.3) is 0 Å². The van der Waals surface area contributed by atoms with Gasteiger partial charge >= 0.3 is 0 Å². The lowest BCUT2D eigenvalue weighted by molar-refractivity contribution is -0.119. The van der Waals surface area contributed by atoms with Crippen LogP contribution in [0.3, 0.4) is 0 Å². The number of carbonyl (C=O) groups excluding carboxylic acids is 1. The van der Waals surface area contributed by atoms with Gasteiger partial charge in [-0.2, -0.15) is 0 Å². The first-order valence-corrected chi connectivity index (χ1v) is 6.97. The van der Waals surface area contributed by atoms with Gasteiger partial charge in [0.05, 0.1) is 12.8 Å². The molecular weight excluding hydrogens is 296 g/mol. The number of benzene rings is 2. The molecule has 1 aliphatic heterocycles. The van der Waals surface area contributed by atoms with Crippen LogP contribution in [0.4, 0.5) is 5.69 Å². The van der Waals surface area contributed by atoms with E-state index in [0.717, 1.165) is 5.56 Å². The van der Waals surface area contributed by atoms with Crippen molar-refractivity contribution in [2.45, 2.75) is 12.1 Å². The fourth-order valence-corrected chi connectivity index (χ4v) is 2.44. The minimum Gasteiger partial charge on any atom is -0.497 e. The van der Waals surface area contributed by atoms with Crippen LogP contribution in [-0.4, -0.2) is 19.1 Å². The molecular formula is C16H14N4O3. The summed E-state index contributed by atoms with van der Waals surface area (Å²) in [6.07, 6.45) is -0.707. The number of ether oxygens (including phenoxy) is 2. The zero-order chi connectivity index (χ0) is 16.2. The SMILES string of the molecule is COc1ccc2c(c1)NC(=O)[C@@H](N=[N+]=[N-])[C@@H](c1ccccc1)O2. The summed E-state index contributed by atoms with van der Waals surface area (Å²) in [6, 6.07) is 13.3. The second kappa shape index (κ2) is 6.29. The normalized spacial score (nSPS) is 19.4. The van der Waals surface area contributed by atoms with Crippen molar-refractivity contribution in [1.82, 2.24) is 0 Å². The van der Waals surface area contributed by atoms with Crippen LogP contribution in [0, 0.1) is 0 Å². The molecule has 0 radical (unpaired) electrons. The molecule has 2 aromatic rings. The third kappa shape index (κ3) is 2.90. The molecule has 0 bridgehead atoms. The van der Waals surface area contributed by atoms with Gasteiger partial charge in [0.2, 0.25) is 5.91 Å². The van der Waals surface area contributed by atoms with Crippen molar-refractivity contribution in [2.24, 2.45) is 5.11 Å². The van der Waals surface area contributed by atoms with Gasteiger partial charge in [0.1, 0.15) is 17.6 Å². The van der Waals surface area contributed by atoms with E-state index < -0.39 is 18.1 Å². The average Bonchev–Trinajstić information content (AvgIpc) is 2.72. The molecule has 2 atom stereocenters. The number of fused-ring (bicyclic) bond motifs is 1. The predicted molar refractivity (Wildman–Crippen MR) is 84.4 cm³/mol. The molecule has 1 aliphatic rings. The quantitative estimate of drug-likeness (QED) is 0.534. The Morgan fingerprint density at radius 2 is 2.04 bits per heavy atom. The summed E-state index contributed by atoms with van der Waals surface area (Å²) in [5.74, 6) is 0.651. The summed E-state index contributed by atoms with van der Waals surface area (Å²) in [4.78, 5) is 15.2. The van der Waals surface area contributed by atoms with Crippen LogP contribution in [0.25, 0.3) is 10.4 Å². The molecule has 3 rings (SSSR count). The first-order valence-electron chi connectivity index (χ1n) is 6.97. The van der Waals surface area contributed by atoms with Crippen LogP contribution in [0.5, 0.6) is 11.5 Å². The molecule has 1 amide bonds. The first-order chi connectivity index (χ1) is 11.2. The maximum Gasteiger partial charge on any atom is 0.237 e. The van der Waals surface area contributed by atoms with Gasteiger partial charge in [-0.1, -0.05) is 35.4 Å². The van der Waals surface area contributed by atoms with Gasteiger partial charge in [-0.15, -0.1) is 0 Å². The zero-order valence-corrected chi connectivity index (χ0v) is 12.3. The summed E-state index contributed by atoms with van der Waals surface area (Å²) in [5, 5.41) is 6.34. The van der Waals surface area contributed by atoms with Crippen molar-refractivity contribution < 1.29 is 14.3 Å². The summed E-state index contributed by atoms with van der Waals surface area (Å²) in [5.41, 5.74) is 10.0. The molecule has 23 heavy (non-hydrogen) atoms. The Labute approximate surface area is 132 Å². The summed E-state index contributed by atoms with van der Waals surface area (Å²) < 4.78 is 11.1. The summed E-state index contributed by atoms with van der Waals surface area (Å²) in [7, 11) is 1.54. The monoisotopic (exact) mass is 310 g/mol. The molecule has 1 N–H and O–H groups in total. The lowest BCUT2D eigenvalue weighted by atomic mass is 10.0.